The number of aliphatic hydroxyl groups is 1. The van der Waals surface area contributed by atoms with E-state index in [0.29, 0.717) is 18.5 Å². The lowest BCUT2D eigenvalue weighted by atomic mass is 9.95. The predicted molar refractivity (Wildman–Crippen MR) is 108 cm³/mol. The molecule has 29 heavy (non-hydrogen) atoms. The van der Waals surface area contributed by atoms with Crippen molar-refractivity contribution in [2.45, 2.75) is 18.4 Å². The van der Waals surface area contributed by atoms with Crippen molar-refractivity contribution in [3.63, 3.8) is 0 Å². The van der Waals surface area contributed by atoms with Gasteiger partial charge in [0.1, 0.15) is 16.9 Å². The van der Waals surface area contributed by atoms with Crippen LogP contribution in [0.4, 0.5) is 0 Å². The zero-order valence-corrected chi connectivity index (χ0v) is 15.9. The zero-order chi connectivity index (χ0) is 20.4. The van der Waals surface area contributed by atoms with Gasteiger partial charge in [-0.25, -0.2) is 0 Å². The van der Waals surface area contributed by atoms with Gasteiger partial charge in [-0.1, -0.05) is 6.07 Å². The lowest BCUT2D eigenvalue weighted by Crippen LogP contribution is -2.40. The number of nitrogens with one attached hydrogen (secondary N) is 2. The number of benzene rings is 1. The number of carbonyl (C=O) groups is 1. The minimum absolute atomic E-state index is 0.000595. The summed E-state index contributed by atoms with van der Waals surface area (Å²) in [6.45, 7) is 0.0245. The maximum atomic E-state index is 12.6. The summed E-state index contributed by atoms with van der Waals surface area (Å²) in [5.41, 5.74) is 1.53. The van der Waals surface area contributed by atoms with Crippen LogP contribution in [0.5, 0.6) is 5.75 Å². The minimum atomic E-state index is -1.17. The van der Waals surface area contributed by atoms with E-state index in [1.807, 2.05) is 12.1 Å². The molecule has 1 atom stereocenters. The Kier molecular flexibility index (Phi) is 4.90. The van der Waals surface area contributed by atoms with Gasteiger partial charge in [-0.05, 0) is 60.4 Å². The van der Waals surface area contributed by atoms with Crippen LogP contribution in [0.2, 0.25) is 0 Å². The van der Waals surface area contributed by atoms with Crippen LogP contribution in [0.1, 0.15) is 27.9 Å². The molecule has 7 heteroatoms. The third kappa shape index (κ3) is 3.64. The molecule has 148 valence electrons. The molecule has 0 fully saturated rings. The number of rotatable bonds is 5. The molecule has 0 radical (unpaired) electrons. The van der Waals surface area contributed by atoms with Gasteiger partial charge in [-0.15, -0.1) is 0 Å². The monoisotopic (exact) mass is 391 g/mol. The molecule has 0 saturated carbocycles. The molecule has 1 amide bonds. The van der Waals surface area contributed by atoms with Gasteiger partial charge >= 0.3 is 0 Å². The molecule has 3 N–H and O–H groups in total. The molecule has 2 aromatic heterocycles. The molecule has 1 unspecified atom stereocenters. The molecule has 0 spiro atoms. The van der Waals surface area contributed by atoms with Crippen molar-refractivity contribution in [3.05, 3.63) is 81.9 Å². The number of methoxy groups -OCH3 is 1. The van der Waals surface area contributed by atoms with E-state index < -0.39 is 17.1 Å². The molecule has 1 aliphatic carbocycles. The summed E-state index contributed by atoms with van der Waals surface area (Å²) in [6, 6.07) is 12.2. The molecule has 1 aromatic carbocycles. The Balaban J connectivity index is 1.49. The van der Waals surface area contributed by atoms with Gasteiger partial charge in [-0.3, -0.25) is 14.6 Å². The normalized spacial score (nSPS) is 17.6. The summed E-state index contributed by atoms with van der Waals surface area (Å²) in [4.78, 5) is 31.6. The van der Waals surface area contributed by atoms with Gasteiger partial charge < -0.3 is 20.1 Å². The second kappa shape index (κ2) is 7.52. The van der Waals surface area contributed by atoms with Crippen LogP contribution in [0, 0.1) is 0 Å². The number of ether oxygens (including phenoxy) is 1. The molecule has 7 nitrogen and oxygen atoms in total. The van der Waals surface area contributed by atoms with Crippen molar-refractivity contribution >= 4 is 5.91 Å². The van der Waals surface area contributed by atoms with Gasteiger partial charge in [0.2, 0.25) is 0 Å². The Hall–Kier alpha value is -3.45. The first-order chi connectivity index (χ1) is 14.0. The highest BCUT2D eigenvalue weighted by molar-refractivity contribution is 5.94. The second-order valence-corrected chi connectivity index (χ2v) is 7.09. The number of hydrogen-bond acceptors (Lipinski definition) is 5. The maximum Gasteiger partial charge on any atom is 0.261 e. The number of aryl methyl sites for hydroxylation is 1. The van der Waals surface area contributed by atoms with E-state index in [4.69, 9.17) is 4.74 Å². The summed E-state index contributed by atoms with van der Waals surface area (Å²) in [5.74, 6) is 0.209. The predicted octanol–water partition coefficient (Wildman–Crippen LogP) is 2.01. The Morgan fingerprint density at radius 3 is 2.76 bits per heavy atom. The fourth-order valence-corrected chi connectivity index (χ4v) is 3.69. The van der Waals surface area contributed by atoms with Crippen molar-refractivity contribution in [3.8, 4) is 17.0 Å². The topological polar surface area (TPSA) is 104 Å². The van der Waals surface area contributed by atoms with Crippen LogP contribution < -0.4 is 15.6 Å². The van der Waals surface area contributed by atoms with E-state index in [0.717, 1.165) is 22.4 Å². The van der Waals surface area contributed by atoms with Crippen LogP contribution in [-0.4, -0.2) is 34.6 Å². The molecule has 3 aromatic rings. The number of aromatic amines is 1. The van der Waals surface area contributed by atoms with E-state index in [1.54, 1.807) is 43.8 Å². The molecule has 4 rings (SSSR count). The van der Waals surface area contributed by atoms with E-state index >= 15 is 0 Å². The van der Waals surface area contributed by atoms with E-state index in [9.17, 15) is 14.7 Å². The van der Waals surface area contributed by atoms with Crippen LogP contribution in [0.25, 0.3) is 11.3 Å². The van der Waals surface area contributed by atoms with Crippen molar-refractivity contribution in [1.82, 2.24) is 15.3 Å². The largest absolute Gasteiger partial charge is 0.497 e. The number of H-pyrrole nitrogens is 1. The standard InChI is InChI=1S/C22H21N3O4/c1-29-16-2-4-18-15(12-16)6-9-22(18,28)13-24-20(26)17-3-5-19(25-21(17)27)14-7-10-23-11-8-14/h2-5,7-8,10-12,28H,6,9,13H2,1H3,(H,24,26)(H,25,27). The third-order valence-corrected chi connectivity index (χ3v) is 5.31. The summed E-state index contributed by atoms with van der Waals surface area (Å²) in [6.07, 6.45) is 4.45. The number of nitrogens with zero attached hydrogens (tertiary/aromatic N) is 1. The summed E-state index contributed by atoms with van der Waals surface area (Å²) in [7, 11) is 1.60. The summed E-state index contributed by atoms with van der Waals surface area (Å²) in [5, 5.41) is 13.7. The Morgan fingerprint density at radius 2 is 2.03 bits per heavy atom. The van der Waals surface area contributed by atoms with Gasteiger partial charge in [-0.2, -0.15) is 0 Å². The smallest absolute Gasteiger partial charge is 0.261 e. The average molecular weight is 391 g/mol. The summed E-state index contributed by atoms with van der Waals surface area (Å²) >= 11 is 0. The van der Waals surface area contributed by atoms with Crippen LogP contribution in [-0.2, 0) is 12.0 Å². The molecular formula is C22H21N3O4. The number of amides is 1. The lowest BCUT2D eigenvalue weighted by molar-refractivity contribution is 0.0369. The van der Waals surface area contributed by atoms with E-state index in [1.165, 1.54) is 6.07 Å². The fraction of sp³-hybridized carbons (Fsp3) is 0.227. The number of fused-ring (bicyclic) bond motifs is 1. The number of carbonyl (C=O) groups excluding carboxylic acids is 1. The fourth-order valence-electron chi connectivity index (χ4n) is 3.69. The first-order valence-electron chi connectivity index (χ1n) is 9.32. The molecule has 0 saturated heterocycles. The Bertz CT molecular complexity index is 1110. The van der Waals surface area contributed by atoms with Crippen molar-refractivity contribution in [2.75, 3.05) is 13.7 Å². The van der Waals surface area contributed by atoms with Crippen LogP contribution in [0.15, 0.2) is 59.7 Å². The average Bonchev–Trinajstić information content (AvgIpc) is 3.09. The molecule has 0 bridgehead atoms. The SMILES string of the molecule is COc1ccc2c(c1)CCC2(O)CNC(=O)c1ccc(-c2ccncc2)[nH]c1=O. The number of pyridine rings is 2. The highest BCUT2D eigenvalue weighted by atomic mass is 16.5. The maximum absolute atomic E-state index is 12.6. The van der Waals surface area contributed by atoms with Crippen molar-refractivity contribution < 1.29 is 14.6 Å². The highest BCUT2D eigenvalue weighted by Gasteiger charge is 2.37. The van der Waals surface area contributed by atoms with Crippen LogP contribution in [0.3, 0.4) is 0 Å². The summed E-state index contributed by atoms with van der Waals surface area (Å²) < 4.78 is 5.23. The van der Waals surface area contributed by atoms with E-state index in [-0.39, 0.29) is 12.1 Å². The molecule has 1 aliphatic rings. The highest BCUT2D eigenvalue weighted by Crippen LogP contribution is 2.38. The first kappa shape index (κ1) is 18.9. The van der Waals surface area contributed by atoms with Crippen LogP contribution >= 0.6 is 0 Å². The Morgan fingerprint density at radius 1 is 1.24 bits per heavy atom. The van der Waals surface area contributed by atoms with Gasteiger partial charge in [0.25, 0.3) is 11.5 Å². The zero-order valence-electron chi connectivity index (χ0n) is 15.9. The van der Waals surface area contributed by atoms with Gasteiger partial charge in [0.05, 0.1) is 13.7 Å². The third-order valence-electron chi connectivity index (χ3n) is 5.31. The number of hydrogen-bond donors (Lipinski definition) is 3. The van der Waals surface area contributed by atoms with Gasteiger partial charge in [0, 0.05) is 23.7 Å². The quantitative estimate of drug-likeness (QED) is 0.617. The molecular weight excluding hydrogens is 370 g/mol. The van der Waals surface area contributed by atoms with Crippen molar-refractivity contribution in [1.29, 1.82) is 0 Å². The molecule has 0 aliphatic heterocycles. The first-order valence-corrected chi connectivity index (χ1v) is 9.32. The second-order valence-electron chi connectivity index (χ2n) is 7.09. The van der Waals surface area contributed by atoms with Gasteiger partial charge in [0.15, 0.2) is 0 Å². The lowest BCUT2D eigenvalue weighted by Gasteiger charge is -2.24. The Labute approximate surface area is 167 Å². The molecule has 2 heterocycles. The number of aromatic nitrogens is 2. The minimum Gasteiger partial charge on any atom is -0.497 e. The van der Waals surface area contributed by atoms with E-state index in [2.05, 4.69) is 15.3 Å². The van der Waals surface area contributed by atoms with Crippen molar-refractivity contribution in [2.24, 2.45) is 0 Å².